The molecular weight excluding hydrogens is 402 g/mol. The molecule has 0 spiro atoms. The Labute approximate surface area is 177 Å². The number of hydrogen-bond acceptors (Lipinski definition) is 6. The van der Waals surface area contributed by atoms with Crippen LogP contribution in [0.4, 0.5) is 0 Å². The van der Waals surface area contributed by atoms with Crippen molar-refractivity contribution < 1.29 is 17.5 Å². The Morgan fingerprint density at radius 1 is 0.867 bits per heavy atom. The number of amides is 1. The topological polar surface area (TPSA) is 79.0 Å². The highest BCUT2D eigenvalue weighted by Crippen LogP contribution is 2.36. The Hall–Kier alpha value is -2.26. The van der Waals surface area contributed by atoms with E-state index in [1.54, 1.807) is 18.2 Å². The van der Waals surface area contributed by atoms with Crippen molar-refractivity contribution in [1.29, 1.82) is 0 Å². The molecule has 0 atom stereocenters. The number of carbonyl (C=O) groups is 1. The Balaban J connectivity index is 1.49. The number of piperidine rings is 1. The maximum Gasteiger partial charge on any atom is 0.313 e. The second kappa shape index (κ2) is 8.85. The predicted octanol–water partition coefficient (Wildman–Crippen LogP) is 2.47. The van der Waals surface area contributed by atoms with E-state index in [0.717, 1.165) is 31.5 Å². The van der Waals surface area contributed by atoms with Gasteiger partial charge in [-0.3, -0.25) is 10.2 Å². The molecule has 0 radical (unpaired) electrons. The lowest BCUT2D eigenvalue weighted by molar-refractivity contribution is -0.138. The van der Waals surface area contributed by atoms with Crippen molar-refractivity contribution in [3.8, 4) is 0 Å². The van der Waals surface area contributed by atoms with Crippen molar-refractivity contribution in [3.63, 3.8) is 0 Å². The third kappa shape index (κ3) is 4.41. The van der Waals surface area contributed by atoms with Gasteiger partial charge in [0.1, 0.15) is 0 Å². The highest BCUT2D eigenvalue weighted by molar-refractivity contribution is 7.86. The summed E-state index contributed by atoms with van der Waals surface area (Å²) in [5, 5.41) is 3.43. The molecule has 30 heavy (non-hydrogen) atoms. The molecule has 8 heteroatoms. The maximum absolute atomic E-state index is 13.4. The van der Waals surface area contributed by atoms with Gasteiger partial charge in [-0.05, 0) is 43.4 Å². The van der Waals surface area contributed by atoms with E-state index in [2.05, 4.69) is 5.43 Å². The molecular formula is C22H27N3O4S. The largest absolute Gasteiger partial charge is 0.313 e. The SMILES string of the molecule is O=C(NN1CCCC1)C1(c2ccccc2)CCN(OS(=O)(=O)c2ccccc2)CC1. The van der Waals surface area contributed by atoms with Gasteiger partial charge in [0.15, 0.2) is 0 Å². The summed E-state index contributed by atoms with van der Waals surface area (Å²) >= 11 is 0. The third-order valence-corrected chi connectivity index (χ3v) is 7.19. The first-order chi connectivity index (χ1) is 14.5. The number of carbonyl (C=O) groups excluding carboxylic acids is 1. The van der Waals surface area contributed by atoms with E-state index >= 15 is 0 Å². The van der Waals surface area contributed by atoms with Crippen LogP contribution in [0.2, 0.25) is 0 Å². The van der Waals surface area contributed by atoms with Gasteiger partial charge in [-0.2, -0.15) is 17.8 Å². The van der Waals surface area contributed by atoms with Crippen LogP contribution in [0.25, 0.3) is 0 Å². The summed E-state index contributed by atoms with van der Waals surface area (Å²) in [4.78, 5) is 13.5. The van der Waals surface area contributed by atoms with Crippen LogP contribution in [0.15, 0.2) is 65.6 Å². The molecule has 0 aromatic heterocycles. The monoisotopic (exact) mass is 429 g/mol. The minimum absolute atomic E-state index is 0.0267. The molecule has 0 bridgehead atoms. The first-order valence-electron chi connectivity index (χ1n) is 10.4. The fourth-order valence-electron chi connectivity index (χ4n) is 4.19. The van der Waals surface area contributed by atoms with Crippen LogP contribution in [0.5, 0.6) is 0 Å². The summed E-state index contributed by atoms with van der Waals surface area (Å²) in [6.07, 6.45) is 3.11. The van der Waals surface area contributed by atoms with E-state index < -0.39 is 15.5 Å². The Morgan fingerprint density at radius 2 is 1.43 bits per heavy atom. The van der Waals surface area contributed by atoms with Crippen molar-refractivity contribution >= 4 is 16.0 Å². The van der Waals surface area contributed by atoms with Gasteiger partial charge in [-0.1, -0.05) is 48.5 Å². The van der Waals surface area contributed by atoms with Crippen molar-refractivity contribution in [2.24, 2.45) is 0 Å². The normalized spacial score (nSPS) is 20.1. The number of hydroxylamine groups is 2. The molecule has 2 fully saturated rings. The second-order valence-electron chi connectivity index (χ2n) is 7.85. The Kier molecular flexibility index (Phi) is 6.19. The van der Waals surface area contributed by atoms with Crippen LogP contribution >= 0.6 is 0 Å². The summed E-state index contributed by atoms with van der Waals surface area (Å²) in [5.41, 5.74) is 3.34. The molecule has 1 amide bonds. The molecule has 2 aromatic rings. The van der Waals surface area contributed by atoms with E-state index in [9.17, 15) is 13.2 Å². The first kappa shape index (κ1) is 21.0. The van der Waals surface area contributed by atoms with Crippen LogP contribution in [-0.2, 0) is 24.6 Å². The van der Waals surface area contributed by atoms with Crippen molar-refractivity contribution in [3.05, 3.63) is 66.2 Å². The van der Waals surface area contributed by atoms with E-state index in [4.69, 9.17) is 4.28 Å². The average Bonchev–Trinajstić information content (AvgIpc) is 3.28. The van der Waals surface area contributed by atoms with Crippen LogP contribution in [0.3, 0.4) is 0 Å². The summed E-state index contributed by atoms with van der Waals surface area (Å²) in [6.45, 7) is 2.41. The minimum Gasteiger partial charge on any atom is -0.288 e. The van der Waals surface area contributed by atoms with Crippen LogP contribution in [0.1, 0.15) is 31.2 Å². The molecule has 7 nitrogen and oxygen atoms in total. The second-order valence-corrected chi connectivity index (χ2v) is 9.38. The van der Waals surface area contributed by atoms with Gasteiger partial charge in [-0.25, -0.2) is 5.01 Å². The highest BCUT2D eigenvalue weighted by Gasteiger charge is 2.44. The minimum atomic E-state index is -3.88. The number of benzene rings is 2. The number of nitrogens with zero attached hydrogens (tertiary/aromatic N) is 2. The number of nitrogens with one attached hydrogen (secondary N) is 1. The fraction of sp³-hybridized carbons (Fsp3) is 0.409. The lowest BCUT2D eigenvalue weighted by Gasteiger charge is -2.40. The predicted molar refractivity (Wildman–Crippen MR) is 113 cm³/mol. The van der Waals surface area contributed by atoms with Crippen LogP contribution < -0.4 is 5.43 Å². The van der Waals surface area contributed by atoms with E-state index in [0.29, 0.717) is 25.9 Å². The molecule has 1 N–H and O–H groups in total. The number of rotatable bonds is 6. The third-order valence-electron chi connectivity index (χ3n) is 5.94. The van der Waals surface area contributed by atoms with Gasteiger partial charge >= 0.3 is 10.1 Å². The van der Waals surface area contributed by atoms with Gasteiger partial charge in [0.05, 0.1) is 10.3 Å². The summed E-state index contributed by atoms with van der Waals surface area (Å²) < 4.78 is 30.5. The van der Waals surface area contributed by atoms with Crippen molar-refractivity contribution in [1.82, 2.24) is 15.5 Å². The summed E-state index contributed by atoms with van der Waals surface area (Å²) in [6, 6.07) is 17.8. The fourth-order valence-corrected chi connectivity index (χ4v) is 5.20. The van der Waals surface area contributed by atoms with Gasteiger partial charge in [0.2, 0.25) is 5.91 Å². The smallest absolute Gasteiger partial charge is 0.288 e. The molecule has 0 unspecified atom stereocenters. The quantitative estimate of drug-likeness (QED) is 0.760. The Morgan fingerprint density at radius 3 is 2.03 bits per heavy atom. The van der Waals surface area contributed by atoms with Crippen molar-refractivity contribution in [2.45, 2.75) is 36.0 Å². The summed E-state index contributed by atoms with van der Waals surface area (Å²) in [7, 11) is -3.88. The van der Waals surface area contributed by atoms with Gasteiger partial charge in [-0.15, -0.1) is 0 Å². The molecule has 2 aliphatic heterocycles. The maximum atomic E-state index is 13.4. The lowest BCUT2D eigenvalue weighted by atomic mass is 9.72. The zero-order chi connectivity index (χ0) is 21.0. The highest BCUT2D eigenvalue weighted by atomic mass is 32.2. The van der Waals surface area contributed by atoms with Gasteiger partial charge in [0.25, 0.3) is 0 Å². The van der Waals surface area contributed by atoms with Gasteiger partial charge < -0.3 is 0 Å². The number of hydrazine groups is 1. The molecule has 2 aliphatic rings. The molecule has 2 heterocycles. The van der Waals surface area contributed by atoms with E-state index in [-0.39, 0.29) is 10.8 Å². The van der Waals surface area contributed by atoms with Gasteiger partial charge in [0, 0.05) is 26.2 Å². The standard InChI is InChI=1S/C22H27N3O4S/c26-21(23-24-15-7-8-16-24)22(19-9-3-1-4-10-19)13-17-25(18-14-22)29-30(27,28)20-11-5-2-6-12-20/h1-6,9-12H,7-8,13-18H2,(H,23,26). The molecule has 160 valence electrons. The average molecular weight is 430 g/mol. The zero-order valence-corrected chi connectivity index (χ0v) is 17.7. The van der Waals surface area contributed by atoms with E-state index in [1.165, 1.54) is 17.2 Å². The number of hydrogen-bond donors (Lipinski definition) is 1. The van der Waals surface area contributed by atoms with Crippen LogP contribution in [0, 0.1) is 0 Å². The molecule has 2 aromatic carbocycles. The summed E-state index contributed by atoms with van der Waals surface area (Å²) in [5.74, 6) is -0.0267. The molecule has 0 aliphatic carbocycles. The Bertz CT molecular complexity index is 952. The molecule has 0 saturated carbocycles. The van der Waals surface area contributed by atoms with Crippen molar-refractivity contribution in [2.75, 3.05) is 26.2 Å². The van der Waals surface area contributed by atoms with E-state index in [1.807, 2.05) is 35.3 Å². The van der Waals surface area contributed by atoms with Crippen LogP contribution in [-0.4, -0.2) is 50.6 Å². The zero-order valence-electron chi connectivity index (χ0n) is 16.9. The molecule has 4 rings (SSSR count). The first-order valence-corrected chi connectivity index (χ1v) is 11.8. The molecule has 2 saturated heterocycles. The lowest BCUT2D eigenvalue weighted by Crippen LogP contribution is -2.55.